The summed E-state index contributed by atoms with van der Waals surface area (Å²) in [6.45, 7) is 6.19. The van der Waals surface area contributed by atoms with Crippen molar-refractivity contribution in [1.82, 2.24) is 4.72 Å². The number of carboxylic acid groups (broad SMARTS) is 1. The maximum absolute atomic E-state index is 12.4. The molecule has 8 nitrogen and oxygen atoms in total. The number of hydrogen-bond donors (Lipinski definition) is 2. The first-order valence-electron chi connectivity index (χ1n) is 6.48. The summed E-state index contributed by atoms with van der Waals surface area (Å²) in [5.74, 6) is -1.79. The quantitative estimate of drug-likeness (QED) is 0.602. The number of hydrogen-bond acceptors (Lipinski definition) is 5. The molecule has 2 N–H and O–H groups in total. The second-order valence-electron chi connectivity index (χ2n) is 5.32. The highest BCUT2D eigenvalue weighted by atomic mass is 32.2. The fraction of sp³-hybridized carbons (Fsp3) is 0.462. The molecule has 0 spiro atoms. The molecule has 0 aromatic heterocycles. The number of nitrogens with one attached hydrogen (secondary N) is 1. The van der Waals surface area contributed by atoms with Crippen LogP contribution < -0.4 is 4.72 Å². The Labute approximate surface area is 128 Å². The van der Waals surface area contributed by atoms with Gasteiger partial charge in [-0.3, -0.25) is 14.9 Å². The minimum Gasteiger partial charge on any atom is -0.480 e. The lowest BCUT2D eigenvalue weighted by molar-refractivity contribution is -0.385. The molecule has 0 radical (unpaired) electrons. The van der Waals surface area contributed by atoms with E-state index in [2.05, 4.69) is 4.72 Å². The number of aryl methyl sites for hydroxylation is 1. The Balaban J connectivity index is 3.40. The molecule has 1 aromatic rings. The molecule has 0 aliphatic rings. The minimum absolute atomic E-state index is 0.286. The lowest BCUT2D eigenvalue weighted by Crippen LogP contribution is -2.44. The second-order valence-corrected chi connectivity index (χ2v) is 7.01. The Morgan fingerprint density at radius 1 is 1.32 bits per heavy atom. The van der Waals surface area contributed by atoms with E-state index in [4.69, 9.17) is 5.11 Å². The van der Waals surface area contributed by atoms with Crippen molar-refractivity contribution < 1.29 is 23.2 Å². The summed E-state index contributed by atoms with van der Waals surface area (Å²) in [4.78, 5) is 21.0. The first-order valence-corrected chi connectivity index (χ1v) is 7.96. The highest BCUT2D eigenvalue weighted by Gasteiger charge is 2.30. The molecule has 0 aliphatic carbocycles. The molecule has 122 valence electrons. The Morgan fingerprint density at radius 3 is 2.27 bits per heavy atom. The molecule has 0 amide bonds. The van der Waals surface area contributed by atoms with E-state index in [0.29, 0.717) is 11.1 Å². The van der Waals surface area contributed by atoms with Gasteiger partial charge in [-0.05, 0) is 30.9 Å². The molecule has 0 fully saturated rings. The van der Waals surface area contributed by atoms with Gasteiger partial charge in [0.15, 0.2) is 0 Å². The third kappa shape index (κ3) is 3.80. The van der Waals surface area contributed by atoms with Gasteiger partial charge in [0.2, 0.25) is 10.0 Å². The van der Waals surface area contributed by atoms with Crippen molar-refractivity contribution in [1.29, 1.82) is 0 Å². The van der Waals surface area contributed by atoms with Crippen LogP contribution in [0.25, 0.3) is 0 Å². The molecule has 1 aromatic carbocycles. The van der Waals surface area contributed by atoms with Gasteiger partial charge in [0.05, 0.1) is 9.82 Å². The summed E-state index contributed by atoms with van der Waals surface area (Å²) in [6, 6.07) is 0.888. The number of carbonyl (C=O) groups is 1. The highest BCUT2D eigenvalue weighted by molar-refractivity contribution is 7.89. The van der Waals surface area contributed by atoms with Gasteiger partial charge < -0.3 is 5.11 Å². The summed E-state index contributed by atoms with van der Waals surface area (Å²) in [7, 11) is -4.19. The zero-order chi connectivity index (χ0) is 17.2. The van der Waals surface area contributed by atoms with Crippen LogP contribution in [0, 0.1) is 29.9 Å². The van der Waals surface area contributed by atoms with E-state index < -0.39 is 32.9 Å². The standard InChI is InChI=1S/C13H18N2O6S/c1-7(2)12(13(16)17)14-22(20,21)11-6-10(15(18)19)5-8(3)9(11)4/h5-7,12,14H,1-4H3,(H,16,17)/t12-/m1/s1. The third-order valence-corrected chi connectivity index (χ3v) is 4.89. The maximum atomic E-state index is 12.4. The zero-order valence-electron chi connectivity index (χ0n) is 12.7. The number of nitrogens with zero attached hydrogens (tertiary/aromatic N) is 1. The van der Waals surface area contributed by atoms with E-state index in [1.165, 1.54) is 13.0 Å². The van der Waals surface area contributed by atoms with Crippen LogP contribution in [0.5, 0.6) is 0 Å². The monoisotopic (exact) mass is 330 g/mol. The van der Waals surface area contributed by atoms with Crippen LogP contribution in [-0.4, -0.2) is 30.5 Å². The molecule has 22 heavy (non-hydrogen) atoms. The molecule has 9 heteroatoms. The number of non-ortho nitro benzene ring substituents is 1. The Morgan fingerprint density at radius 2 is 1.86 bits per heavy atom. The molecular formula is C13H18N2O6S. The van der Waals surface area contributed by atoms with E-state index in [9.17, 15) is 23.3 Å². The largest absolute Gasteiger partial charge is 0.480 e. The van der Waals surface area contributed by atoms with Crippen molar-refractivity contribution in [3.8, 4) is 0 Å². The van der Waals surface area contributed by atoms with Crippen molar-refractivity contribution in [3.63, 3.8) is 0 Å². The molecule has 1 atom stereocenters. The van der Waals surface area contributed by atoms with E-state index >= 15 is 0 Å². The fourth-order valence-electron chi connectivity index (χ4n) is 1.90. The summed E-state index contributed by atoms with van der Waals surface area (Å²) >= 11 is 0. The zero-order valence-corrected chi connectivity index (χ0v) is 13.5. The molecular weight excluding hydrogens is 312 g/mol. The van der Waals surface area contributed by atoms with Gasteiger partial charge in [-0.2, -0.15) is 4.72 Å². The Bertz CT molecular complexity index is 711. The van der Waals surface area contributed by atoms with Crippen molar-refractivity contribution in [2.24, 2.45) is 5.92 Å². The molecule has 0 bridgehead atoms. The number of carboxylic acids is 1. The van der Waals surface area contributed by atoms with Crippen LogP contribution in [-0.2, 0) is 14.8 Å². The van der Waals surface area contributed by atoms with E-state index in [0.717, 1.165) is 6.07 Å². The minimum atomic E-state index is -4.19. The summed E-state index contributed by atoms with van der Waals surface area (Å²) in [5, 5.41) is 20.0. The Hall–Kier alpha value is -2.00. The fourth-order valence-corrected chi connectivity index (χ4v) is 3.57. The number of sulfonamides is 1. The molecule has 0 aliphatic heterocycles. The average molecular weight is 330 g/mol. The van der Waals surface area contributed by atoms with Crippen LogP contribution in [0.4, 0.5) is 5.69 Å². The summed E-state index contributed by atoms with van der Waals surface area (Å²) in [6.07, 6.45) is 0. The van der Waals surface area contributed by atoms with E-state index in [-0.39, 0.29) is 10.6 Å². The van der Waals surface area contributed by atoms with Crippen LogP contribution in [0.15, 0.2) is 17.0 Å². The summed E-state index contributed by atoms with van der Waals surface area (Å²) < 4.78 is 26.9. The molecule has 0 saturated carbocycles. The van der Waals surface area contributed by atoms with Crippen LogP contribution in [0.1, 0.15) is 25.0 Å². The van der Waals surface area contributed by atoms with Gasteiger partial charge in [-0.15, -0.1) is 0 Å². The van der Waals surface area contributed by atoms with Gasteiger partial charge >= 0.3 is 5.97 Å². The van der Waals surface area contributed by atoms with Crippen LogP contribution >= 0.6 is 0 Å². The smallest absolute Gasteiger partial charge is 0.322 e. The topological polar surface area (TPSA) is 127 Å². The van der Waals surface area contributed by atoms with Gasteiger partial charge in [0, 0.05) is 12.1 Å². The number of rotatable bonds is 6. The molecule has 1 rings (SSSR count). The first-order chi connectivity index (χ1) is 9.97. The summed E-state index contributed by atoms with van der Waals surface area (Å²) in [5.41, 5.74) is 0.414. The second kappa shape index (κ2) is 6.41. The van der Waals surface area contributed by atoms with Crippen molar-refractivity contribution in [2.75, 3.05) is 0 Å². The predicted molar refractivity (Wildman–Crippen MR) is 79.2 cm³/mol. The molecule has 0 unspecified atom stereocenters. The SMILES string of the molecule is Cc1cc([N+](=O)[O-])cc(S(=O)(=O)N[C@@H](C(=O)O)C(C)C)c1C. The highest BCUT2D eigenvalue weighted by Crippen LogP contribution is 2.25. The number of nitro benzene ring substituents is 1. The van der Waals surface area contributed by atoms with E-state index in [1.807, 2.05) is 0 Å². The Kier molecular flexibility index (Phi) is 5.26. The van der Waals surface area contributed by atoms with Gasteiger partial charge in [0.1, 0.15) is 6.04 Å². The number of nitro groups is 1. The van der Waals surface area contributed by atoms with Gasteiger partial charge in [0.25, 0.3) is 5.69 Å². The van der Waals surface area contributed by atoms with Gasteiger partial charge in [-0.25, -0.2) is 8.42 Å². The molecule has 0 heterocycles. The number of benzene rings is 1. The number of aliphatic carboxylic acids is 1. The average Bonchev–Trinajstić information content (AvgIpc) is 2.37. The van der Waals surface area contributed by atoms with Crippen LogP contribution in [0.2, 0.25) is 0 Å². The lowest BCUT2D eigenvalue weighted by Gasteiger charge is -2.19. The van der Waals surface area contributed by atoms with Crippen molar-refractivity contribution >= 4 is 21.7 Å². The van der Waals surface area contributed by atoms with Crippen molar-refractivity contribution in [2.45, 2.75) is 38.6 Å². The van der Waals surface area contributed by atoms with E-state index in [1.54, 1.807) is 20.8 Å². The molecule has 0 saturated heterocycles. The normalized spacial score (nSPS) is 13.1. The lowest BCUT2D eigenvalue weighted by atomic mass is 10.1. The van der Waals surface area contributed by atoms with Crippen molar-refractivity contribution in [3.05, 3.63) is 33.4 Å². The predicted octanol–water partition coefficient (Wildman–Crippen LogP) is 1.60. The van der Waals surface area contributed by atoms with Gasteiger partial charge in [-0.1, -0.05) is 13.8 Å². The maximum Gasteiger partial charge on any atom is 0.322 e. The first kappa shape index (κ1) is 18.1. The third-order valence-electron chi connectivity index (χ3n) is 3.32. The van der Waals surface area contributed by atoms with Crippen LogP contribution in [0.3, 0.4) is 0 Å².